The molecule has 1 fully saturated rings. The van der Waals surface area contributed by atoms with Crippen molar-refractivity contribution in [2.75, 3.05) is 6.61 Å². The minimum Gasteiger partial charge on any atom is -0.487 e. The van der Waals surface area contributed by atoms with Crippen LogP contribution in [0.15, 0.2) is 16.6 Å². The van der Waals surface area contributed by atoms with Gasteiger partial charge in [-0.2, -0.15) is 0 Å². The Morgan fingerprint density at radius 1 is 0.950 bits per heavy atom. The summed E-state index contributed by atoms with van der Waals surface area (Å²) in [6, 6.07) is 2.40. The van der Waals surface area contributed by atoms with Crippen molar-refractivity contribution in [3.05, 3.63) is 28.2 Å². The molecule has 0 bridgehead atoms. The fourth-order valence-electron chi connectivity index (χ4n) is 1.15. The molecule has 0 spiro atoms. The van der Waals surface area contributed by atoms with Crippen LogP contribution in [0.25, 0.3) is 0 Å². The standard InChI is InChI=1S/C10H9BrF2O.6Y/c11-7-3-8(12)10(9(13)4-7)14-5-6-1-2-6;;;;;;/h3-4,6H,1-2,5H2;;;;;;. The largest absolute Gasteiger partial charge is 0.487 e. The van der Waals surface area contributed by atoms with Crippen LogP contribution in [0.5, 0.6) is 5.75 Å². The molecule has 0 amide bonds. The van der Waals surface area contributed by atoms with Crippen LogP contribution in [0, 0.1) is 17.6 Å². The summed E-state index contributed by atoms with van der Waals surface area (Å²) >= 11 is 3.00. The van der Waals surface area contributed by atoms with Crippen molar-refractivity contribution < 1.29 is 210 Å². The van der Waals surface area contributed by atoms with Crippen LogP contribution in [-0.2, 0) is 196 Å². The minimum absolute atomic E-state index is 0. The number of halogens is 3. The van der Waals surface area contributed by atoms with E-state index in [2.05, 4.69) is 15.9 Å². The van der Waals surface area contributed by atoms with Crippen LogP contribution in [0.3, 0.4) is 0 Å². The van der Waals surface area contributed by atoms with E-state index in [9.17, 15) is 8.78 Å². The summed E-state index contributed by atoms with van der Waals surface area (Å²) in [7, 11) is 0. The van der Waals surface area contributed by atoms with Gasteiger partial charge in [0, 0.05) is 201 Å². The van der Waals surface area contributed by atoms with Gasteiger partial charge in [-0.15, -0.1) is 0 Å². The molecule has 1 aliphatic rings. The average Bonchev–Trinajstić information content (AvgIpc) is 2.85. The van der Waals surface area contributed by atoms with E-state index in [1.165, 1.54) is 12.1 Å². The first kappa shape index (κ1) is 36.8. The van der Waals surface area contributed by atoms with Crippen molar-refractivity contribution in [2.45, 2.75) is 12.8 Å². The third kappa shape index (κ3) is 14.1. The van der Waals surface area contributed by atoms with Gasteiger partial charge in [-0.05, 0) is 30.9 Å². The molecule has 1 saturated carbocycles. The molecular weight excluding hydrogens is 787 g/mol. The third-order valence-corrected chi connectivity index (χ3v) is 2.58. The Bertz CT molecular complexity index is 345. The minimum atomic E-state index is -0.655. The first-order valence-corrected chi connectivity index (χ1v) is 5.23. The van der Waals surface area contributed by atoms with Crippen molar-refractivity contribution in [2.24, 2.45) is 5.92 Å². The molecule has 10 heteroatoms. The van der Waals surface area contributed by atoms with Gasteiger partial charge in [0.2, 0.25) is 0 Å². The van der Waals surface area contributed by atoms with Gasteiger partial charge >= 0.3 is 0 Å². The summed E-state index contributed by atoms with van der Waals surface area (Å²) in [5, 5.41) is 0. The summed E-state index contributed by atoms with van der Waals surface area (Å²) in [6.45, 7) is 0.412. The van der Waals surface area contributed by atoms with Gasteiger partial charge in [0.25, 0.3) is 0 Å². The van der Waals surface area contributed by atoms with Gasteiger partial charge in [-0.3, -0.25) is 0 Å². The van der Waals surface area contributed by atoms with Crippen molar-refractivity contribution >= 4 is 15.9 Å². The number of hydrogen-bond donors (Lipinski definition) is 0. The molecule has 2 rings (SSSR count). The SMILES string of the molecule is Fc1cc(Br)cc(F)c1OCC1CC1.[Y].[Y].[Y].[Y].[Y].[Y]. The second-order valence-electron chi connectivity index (χ2n) is 3.45. The van der Waals surface area contributed by atoms with Gasteiger partial charge in [0.1, 0.15) is 0 Å². The molecule has 0 aliphatic heterocycles. The van der Waals surface area contributed by atoms with Crippen molar-refractivity contribution in [1.82, 2.24) is 0 Å². The summed E-state index contributed by atoms with van der Waals surface area (Å²) in [5.74, 6) is -1.09. The van der Waals surface area contributed by atoms with E-state index in [-0.39, 0.29) is 202 Å². The van der Waals surface area contributed by atoms with Crippen LogP contribution < -0.4 is 4.74 Å². The molecule has 1 aliphatic carbocycles. The van der Waals surface area contributed by atoms with Gasteiger partial charge in [0.15, 0.2) is 17.4 Å². The van der Waals surface area contributed by atoms with E-state index in [1.54, 1.807) is 0 Å². The summed E-state index contributed by atoms with van der Waals surface area (Å²) in [4.78, 5) is 0. The Labute approximate surface area is 277 Å². The van der Waals surface area contributed by atoms with Gasteiger partial charge < -0.3 is 4.74 Å². The molecule has 0 atom stereocenters. The Morgan fingerprint density at radius 3 is 1.70 bits per heavy atom. The second kappa shape index (κ2) is 19.7. The molecule has 20 heavy (non-hydrogen) atoms. The fourth-order valence-corrected chi connectivity index (χ4v) is 1.55. The van der Waals surface area contributed by atoms with Gasteiger partial charge in [-0.1, -0.05) is 15.9 Å². The van der Waals surface area contributed by atoms with E-state index in [1.807, 2.05) is 0 Å². The zero-order valence-corrected chi connectivity index (χ0v) is 29.5. The third-order valence-electron chi connectivity index (χ3n) is 2.12. The van der Waals surface area contributed by atoms with Crippen LogP contribution in [0.2, 0.25) is 0 Å². The smallest absolute Gasteiger partial charge is 0.190 e. The summed E-state index contributed by atoms with van der Waals surface area (Å²) in [5.41, 5.74) is 0. The number of benzene rings is 1. The molecule has 1 nitrogen and oxygen atoms in total. The zero-order valence-electron chi connectivity index (χ0n) is 10.9. The van der Waals surface area contributed by atoms with Crippen molar-refractivity contribution in [3.8, 4) is 5.75 Å². The first-order valence-electron chi connectivity index (χ1n) is 4.44. The molecule has 94 valence electrons. The van der Waals surface area contributed by atoms with Crippen LogP contribution in [-0.4, -0.2) is 6.61 Å². The molecule has 6 radical (unpaired) electrons. The van der Waals surface area contributed by atoms with Crippen LogP contribution in [0.4, 0.5) is 8.78 Å². The molecule has 1 aromatic rings. The van der Waals surface area contributed by atoms with E-state index >= 15 is 0 Å². The molecule has 0 saturated heterocycles. The predicted molar refractivity (Wildman–Crippen MR) is 52.3 cm³/mol. The quantitative estimate of drug-likeness (QED) is 0.456. The fraction of sp³-hybridized carbons (Fsp3) is 0.400. The van der Waals surface area contributed by atoms with E-state index < -0.39 is 11.6 Å². The van der Waals surface area contributed by atoms with Crippen molar-refractivity contribution in [1.29, 1.82) is 0 Å². The number of hydrogen-bond acceptors (Lipinski definition) is 1. The second-order valence-corrected chi connectivity index (χ2v) is 4.37. The monoisotopic (exact) mass is 795 g/mol. The Morgan fingerprint density at radius 2 is 1.35 bits per heavy atom. The molecule has 1 aromatic carbocycles. The summed E-state index contributed by atoms with van der Waals surface area (Å²) in [6.07, 6.45) is 2.19. The maximum atomic E-state index is 13.2. The average molecular weight is 797 g/mol. The van der Waals surface area contributed by atoms with E-state index in [0.29, 0.717) is 17.0 Å². The molecule has 0 N–H and O–H groups in total. The van der Waals surface area contributed by atoms with Crippen LogP contribution in [0.1, 0.15) is 12.8 Å². The van der Waals surface area contributed by atoms with Crippen LogP contribution >= 0.6 is 15.9 Å². The Hall–Kier alpha value is 5.98. The molecule has 0 unspecified atom stereocenters. The normalized spacial score (nSPS) is 10.9. The first-order chi connectivity index (χ1) is 6.66. The topological polar surface area (TPSA) is 9.23 Å². The van der Waals surface area contributed by atoms with E-state index in [0.717, 1.165) is 12.8 Å². The Kier molecular flexibility index (Phi) is 36.3. The zero-order chi connectivity index (χ0) is 10.1. The van der Waals surface area contributed by atoms with Crippen molar-refractivity contribution in [3.63, 3.8) is 0 Å². The predicted octanol–water partition coefficient (Wildman–Crippen LogP) is 3.50. The summed E-state index contributed by atoms with van der Waals surface area (Å²) < 4.78 is 31.8. The van der Waals surface area contributed by atoms with Gasteiger partial charge in [0.05, 0.1) is 6.61 Å². The van der Waals surface area contributed by atoms with Gasteiger partial charge in [-0.25, -0.2) is 8.78 Å². The maximum Gasteiger partial charge on any atom is 0.190 e. The number of rotatable bonds is 3. The molecule has 0 heterocycles. The maximum absolute atomic E-state index is 13.2. The molecular formula is C10H9BrF2OY6. The molecule has 0 aromatic heterocycles. The Balaban J connectivity index is -0.000000125. The van der Waals surface area contributed by atoms with E-state index in [4.69, 9.17) is 4.74 Å². The number of ether oxygens (including phenoxy) is 1.